The fourth-order valence-corrected chi connectivity index (χ4v) is 7.30. The number of nitrogens with zero attached hydrogens (tertiary/aromatic N) is 2. The number of fused-ring (bicyclic) bond motifs is 1. The van der Waals surface area contributed by atoms with Crippen LogP contribution in [0.3, 0.4) is 0 Å². The minimum absolute atomic E-state index is 0.113. The molecule has 3 aromatic rings. The number of anilines is 1. The Morgan fingerprint density at radius 3 is 2.41 bits per heavy atom. The summed E-state index contributed by atoms with van der Waals surface area (Å²) in [6, 6.07) is 15.3. The Balaban J connectivity index is 1.52. The summed E-state index contributed by atoms with van der Waals surface area (Å²) in [5.41, 5.74) is 8.17. The Kier molecular flexibility index (Phi) is 8.43. The fraction of sp³-hybridized carbons (Fsp3) is 0.333. The third-order valence-corrected chi connectivity index (χ3v) is 9.53. The first kappa shape index (κ1) is 27.0. The average Bonchev–Trinajstić information content (AvgIpc) is 3.25. The van der Waals surface area contributed by atoms with Gasteiger partial charge in [0.05, 0.1) is 10.5 Å². The summed E-state index contributed by atoms with van der Waals surface area (Å²) in [7, 11) is -3.74. The van der Waals surface area contributed by atoms with Gasteiger partial charge < -0.3 is 11.1 Å². The van der Waals surface area contributed by atoms with Crippen molar-refractivity contribution in [2.45, 2.75) is 44.7 Å². The van der Waals surface area contributed by atoms with Crippen molar-refractivity contribution in [3.8, 4) is 0 Å². The van der Waals surface area contributed by atoms with E-state index in [2.05, 4.69) is 17.1 Å². The summed E-state index contributed by atoms with van der Waals surface area (Å²) in [5, 5.41) is 3.28. The number of carbonyl (C=O) groups is 2. The number of sulfonamides is 1. The van der Waals surface area contributed by atoms with E-state index in [9.17, 15) is 18.0 Å². The van der Waals surface area contributed by atoms with E-state index in [0.29, 0.717) is 29.1 Å². The molecule has 2 amide bonds. The van der Waals surface area contributed by atoms with Crippen molar-refractivity contribution in [3.63, 3.8) is 0 Å². The quantitative estimate of drug-likeness (QED) is 0.402. The van der Waals surface area contributed by atoms with Crippen molar-refractivity contribution in [3.05, 3.63) is 81.7 Å². The van der Waals surface area contributed by atoms with Crippen molar-refractivity contribution < 1.29 is 18.0 Å². The van der Waals surface area contributed by atoms with Gasteiger partial charge in [-0.1, -0.05) is 44.2 Å². The molecule has 196 valence electrons. The first-order chi connectivity index (χ1) is 17.7. The van der Waals surface area contributed by atoms with Crippen LogP contribution in [0.15, 0.2) is 59.5 Å². The molecule has 0 unspecified atom stereocenters. The van der Waals surface area contributed by atoms with E-state index in [0.717, 1.165) is 42.1 Å². The molecule has 0 saturated carbocycles. The summed E-state index contributed by atoms with van der Waals surface area (Å²) in [6.07, 6.45) is 1.75. The van der Waals surface area contributed by atoms with Gasteiger partial charge in [-0.15, -0.1) is 11.3 Å². The number of hydrogen-bond acceptors (Lipinski definition) is 6. The molecule has 1 aromatic heterocycles. The molecule has 2 heterocycles. The van der Waals surface area contributed by atoms with Gasteiger partial charge >= 0.3 is 0 Å². The zero-order valence-electron chi connectivity index (χ0n) is 21.1. The smallest absolute Gasteiger partial charge is 0.256 e. The predicted molar refractivity (Wildman–Crippen MR) is 146 cm³/mol. The highest BCUT2D eigenvalue weighted by atomic mass is 32.2. The topological polar surface area (TPSA) is 113 Å². The van der Waals surface area contributed by atoms with Gasteiger partial charge in [-0.05, 0) is 54.8 Å². The second kappa shape index (κ2) is 11.6. The molecule has 37 heavy (non-hydrogen) atoms. The maximum atomic E-state index is 13.2. The fourth-order valence-electron chi connectivity index (χ4n) is 4.57. The van der Waals surface area contributed by atoms with Gasteiger partial charge in [0.25, 0.3) is 11.8 Å². The Morgan fingerprint density at radius 1 is 1.08 bits per heavy atom. The van der Waals surface area contributed by atoms with Crippen LogP contribution < -0.4 is 11.1 Å². The van der Waals surface area contributed by atoms with E-state index in [1.165, 1.54) is 39.9 Å². The Bertz CT molecular complexity index is 1370. The van der Waals surface area contributed by atoms with Crippen LogP contribution >= 0.6 is 11.3 Å². The zero-order valence-corrected chi connectivity index (χ0v) is 22.7. The van der Waals surface area contributed by atoms with Crippen LogP contribution in [0.1, 0.15) is 57.0 Å². The van der Waals surface area contributed by atoms with Crippen molar-refractivity contribution in [2.75, 3.05) is 25.0 Å². The van der Waals surface area contributed by atoms with Crippen LogP contribution in [0, 0.1) is 0 Å². The predicted octanol–water partition coefficient (Wildman–Crippen LogP) is 4.08. The lowest BCUT2D eigenvalue weighted by atomic mass is 10.0. The third-order valence-electron chi connectivity index (χ3n) is 6.46. The molecule has 8 nitrogen and oxygen atoms in total. The van der Waals surface area contributed by atoms with E-state index < -0.39 is 21.8 Å². The molecule has 1 aliphatic heterocycles. The highest BCUT2D eigenvalue weighted by Gasteiger charge is 2.28. The maximum Gasteiger partial charge on any atom is 0.256 e. The minimum Gasteiger partial charge on any atom is -0.365 e. The summed E-state index contributed by atoms with van der Waals surface area (Å²) >= 11 is 1.38. The van der Waals surface area contributed by atoms with Crippen LogP contribution in [0.25, 0.3) is 0 Å². The summed E-state index contributed by atoms with van der Waals surface area (Å²) in [5.74, 6) is -0.983. The Labute approximate surface area is 222 Å². The third kappa shape index (κ3) is 5.93. The SMILES string of the molecule is CCCN1CCc2c(sc(NC(=O)c3ccc(S(=O)(=O)N(CC)Cc4ccccc4)cc3)c2C(N)=O)C1. The minimum atomic E-state index is -3.74. The van der Waals surface area contributed by atoms with E-state index in [1.807, 2.05) is 30.3 Å². The molecule has 2 aromatic carbocycles. The number of nitrogens with two attached hydrogens (primary N) is 1. The number of primary amides is 1. The van der Waals surface area contributed by atoms with Crippen molar-refractivity contribution in [1.29, 1.82) is 0 Å². The lowest BCUT2D eigenvalue weighted by molar-refractivity contribution is 0.0999. The maximum absolute atomic E-state index is 13.2. The highest BCUT2D eigenvalue weighted by Crippen LogP contribution is 2.37. The summed E-state index contributed by atoms with van der Waals surface area (Å²) < 4.78 is 27.8. The van der Waals surface area contributed by atoms with Gasteiger partial charge in [0.15, 0.2) is 0 Å². The van der Waals surface area contributed by atoms with Gasteiger partial charge in [0, 0.05) is 36.6 Å². The first-order valence-electron chi connectivity index (χ1n) is 12.4. The average molecular weight is 541 g/mol. The van der Waals surface area contributed by atoms with E-state index in [1.54, 1.807) is 6.92 Å². The largest absolute Gasteiger partial charge is 0.365 e. The van der Waals surface area contributed by atoms with Crippen LogP contribution in [0.4, 0.5) is 5.00 Å². The second-order valence-corrected chi connectivity index (χ2v) is 12.0. The van der Waals surface area contributed by atoms with E-state index >= 15 is 0 Å². The van der Waals surface area contributed by atoms with Gasteiger partial charge in [0.2, 0.25) is 10.0 Å². The summed E-state index contributed by atoms with van der Waals surface area (Å²) in [6.45, 7) is 7.05. The lowest BCUT2D eigenvalue weighted by Crippen LogP contribution is -2.31. The molecule has 0 bridgehead atoms. The van der Waals surface area contributed by atoms with Crippen molar-refractivity contribution in [2.24, 2.45) is 5.73 Å². The lowest BCUT2D eigenvalue weighted by Gasteiger charge is -2.26. The first-order valence-corrected chi connectivity index (χ1v) is 14.6. The number of amides is 2. The van der Waals surface area contributed by atoms with E-state index in [-0.39, 0.29) is 11.4 Å². The standard InChI is InChI=1S/C27H32N4O4S2/c1-3-15-30-16-14-22-23(18-30)36-27(24(22)25(28)32)29-26(33)20-10-12-21(13-11-20)37(34,35)31(4-2)17-19-8-6-5-7-9-19/h5-13H,3-4,14-18H2,1-2H3,(H2,28,32)(H,29,33). The molecule has 4 rings (SSSR count). The van der Waals surface area contributed by atoms with Gasteiger partial charge in [-0.3, -0.25) is 14.5 Å². The number of rotatable bonds is 10. The number of thiophene rings is 1. The molecule has 0 aliphatic carbocycles. The molecular weight excluding hydrogens is 508 g/mol. The second-order valence-electron chi connectivity index (χ2n) is 8.99. The van der Waals surface area contributed by atoms with Gasteiger partial charge in [-0.2, -0.15) is 4.31 Å². The summed E-state index contributed by atoms with van der Waals surface area (Å²) in [4.78, 5) is 28.8. The molecule has 3 N–H and O–H groups in total. The van der Waals surface area contributed by atoms with Crippen LogP contribution in [0.5, 0.6) is 0 Å². The Morgan fingerprint density at radius 2 is 1.78 bits per heavy atom. The molecule has 0 atom stereocenters. The van der Waals surface area contributed by atoms with Crippen LogP contribution in [-0.2, 0) is 29.5 Å². The van der Waals surface area contributed by atoms with Gasteiger partial charge in [-0.25, -0.2) is 8.42 Å². The van der Waals surface area contributed by atoms with Crippen LogP contribution in [0.2, 0.25) is 0 Å². The molecule has 0 spiro atoms. The normalized spacial score (nSPS) is 13.9. The van der Waals surface area contributed by atoms with Crippen LogP contribution in [-0.4, -0.2) is 49.1 Å². The molecule has 0 fully saturated rings. The molecule has 10 heteroatoms. The monoisotopic (exact) mass is 540 g/mol. The van der Waals surface area contributed by atoms with Crippen molar-refractivity contribution >= 4 is 38.2 Å². The number of benzene rings is 2. The highest BCUT2D eigenvalue weighted by molar-refractivity contribution is 7.89. The number of nitrogens with one attached hydrogen (secondary N) is 1. The number of hydrogen-bond donors (Lipinski definition) is 2. The van der Waals surface area contributed by atoms with Crippen molar-refractivity contribution in [1.82, 2.24) is 9.21 Å². The molecule has 0 radical (unpaired) electrons. The van der Waals surface area contributed by atoms with Gasteiger partial charge in [0.1, 0.15) is 5.00 Å². The molecule has 0 saturated heterocycles. The zero-order chi connectivity index (χ0) is 26.6. The molecule has 1 aliphatic rings. The number of carbonyl (C=O) groups excluding carboxylic acids is 2. The molecular formula is C27H32N4O4S2. The van der Waals surface area contributed by atoms with E-state index in [4.69, 9.17) is 5.73 Å². The Hall–Kier alpha value is -3.05.